The van der Waals surface area contributed by atoms with Gasteiger partial charge in [0.05, 0.1) is 0 Å². The summed E-state index contributed by atoms with van der Waals surface area (Å²) < 4.78 is 10.5. The molecule has 1 rings (SSSR count). The van der Waals surface area contributed by atoms with Gasteiger partial charge in [-0.2, -0.15) is 0 Å². The van der Waals surface area contributed by atoms with E-state index in [1.807, 2.05) is 0 Å². The Kier molecular flexibility index (Phi) is 4.68. The molecule has 0 radical (unpaired) electrons. The van der Waals surface area contributed by atoms with Gasteiger partial charge in [-0.1, -0.05) is 0 Å². The summed E-state index contributed by atoms with van der Waals surface area (Å²) in [6.07, 6.45) is 2.41. The van der Waals surface area contributed by atoms with E-state index >= 15 is 0 Å². The Morgan fingerprint density at radius 2 is 1.45 bits per heavy atom. The van der Waals surface area contributed by atoms with Gasteiger partial charge >= 0.3 is 12.2 Å². The van der Waals surface area contributed by atoms with E-state index in [1.54, 1.807) is 53.8 Å². The Bertz CT molecular complexity index is 404. The quantitative estimate of drug-likeness (QED) is 0.686. The zero-order valence-corrected chi connectivity index (χ0v) is 13.1. The number of hydrogen-bond acceptors (Lipinski definition) is 4. The molecule has 0 aromatic heterocycles. The summed E-state index contributed by atoms with van der Waals surface area (Å²) >= 11 is 0. The third-order valence-corrected chi connectivity index (χ3v) is 2.21. The van der Waals surface area contributed by atoms with Crippen molar-refractivity contribution < 1.29 is 19.1 Å². The Hall–Kier alpha value is -1.72. The first-order valence-corrected chi connectivity index (χ1v) is 6.62. The van der Waals surface area contributed by atoms with Crippen molar-refractivity contribution in [1.82, 2.24) is 9.80 Å². The third kappa shape index (κ3) is 5.50. The van der Waals surface area contributed by atoms with Gasteiger partial charge in [0, 0.05) is 12.7 Å². The molecule has 2 amide bonds. The van der Waals surface area contributed by atoms with E-state index in [1.165, 1.54) is 9.80 Å². The number of ether oxygens (including phenoxy) is 2. The maximum atomic E-state index is 12.0. The van der Waals surface area contributed by atoms with Crippen LogP contribution in [0.5, 0.6) is 0 Å². The number of nitrogens with zero attached hydrogens (tertiary/aromatic N) is 2. The highest BCUT2D eigenvalue weighted by Crippen LogP contribution is 2.15. The molecule has 0 aliphatic carbocycles. The Morgan fingerprint density at radius 3 is 1.95 bits per heavy atom. The molecule has 6 nitrogen and oxygen atoms in total. The first kappa shape index (κ1) is 16.3. The molecule has 6 heteroatoms. The summed E-state index contributed by atoms with van der Waals surface area (Å²) in [5, 5.41) is 0. The van der Waals surface area contributed by atoms with E-state index in [0.717, 1.165) is 0 Å². The van der Waals surface area contributed by atoms with Gasteiger partial charge in [-0.05, 0) is 47.6 Å². The second-order valence-corrected chi connectivity index (χ2v) is 6.68. The van der Waals surface area contributed by atoms with Gasteiger partial charge in [-0.15, -0.1) is 0 Å². The fourth-order valence-electron chi connectivity index (χ4n) is 1.49. The van der Waals surface area contributed by atoms with E-state index in [-0.39, 0.29) is 6.67 Å². The van der Waals surface area contributed by atoms with Gasteiger partial charge in [0.15, 0.2) is 0 Å². The topological polar surface area (TPSA) is 59.1 Å². The molecule has 0 aromatic rings. The van der Waals surface area contributed by atoms with Crippen molar-refractivity contribution in [2.45, 2.75) is 52.7 Å². The molecule has 114 valence electrons. The van der Waals surface area contributed by atoms with Gasteiger partial charge in [-0.25, -0.2) is 9.59 Å². The molecule has 0 atom stereocenters. The summed E-state index contributed by atoms with van der Waals surface area (Å²) in [4.78, 5) is 26.7. The van der Waals surface area contributed by atoms with E-state index in [0.29, 0.717) is 6.54 Å². The maximum absolute atomic E-state index is 12.0. The predicted octanol–water partition coefficient (Wildman–Crippen LogP) is 2.95. The average Bonchev–Trinajstić information content (AvgIpc) is 2.24. The van der Waals surface area contributed by atoms with Gasteiger partial charge in [0.25, 0.3) is 0 Å². The van der Waals surface area contributed by atoms with Gasteiger partial charge in [0.2, 0.25) is 0 Å². The Balaban J connectivity index is 2.63. The highest BCUT2D eigenvalue weighted by molar-refractivity contribution is 5.72. The van der Waals surface area contributed by atoms with Crippen molar-refractivity contribution in [3.63, 3.8) is 0 Å². The minimum Gasteiger partial charge on any atom is -0.444 e. The van der Waals surface area contributed by atoms with Crippen molar-refractivity contribution >= 4 is 12.2 Å². The van der Waals surface area contributed by atoms with Crippen molar-refractivity contribution in [2.75, 3.05) is 13.2 Å². The second-order valence-electron chi connectivity index (χ2n) is 6.68. The summed E-state index contributed by atoms with van der Waals surface area (Å²) in [5.74, 6) is 0. The third-order valence-electron chi connectivity index (χ3n) is 2.21. The van der Waals surface area contributed by atoms with Crippen molar-refractivity contribution in [3.8, 4) is 0 Å². The SMILES string of the molecule is CC(C)(C)OC(=O)N1C=CCN(C(=O)OC(C)(C)C)C1. The molecule has 0 fully saturated rings. The van der Waals surface area contributed by atoms with Crippen molar-refractivity contribution in [3.05, 3.63) is 12.3 Å². The first-order chi connectivity index (χ1) is 8.98. The van der Waals surface area contributed by atoms with Crippen LogP contribution in [-0.4, -0.2) is 46.4 Å². The largest absolute Gasteiger partial charge is 0.444 e. The van der Waals surface area contributed by atoms with Crippen LogP contribution >= 0.6 is 0 Å². The number of hydrogen-bond donors (Lipinski definition) is 0. The van der Waals surface area contributed by atoms with Crippen LogP contribution in [0.1, 0.15) is 41.5 Å². The molecule has 0 bridgehead atoms. The molecule has 0 aromatic carbocycles. The monoisotopic (exact) mass is 284 g/mol. The predicted molar refractivity (Wildman–Crippen MR) is 75.0 cm³/mol. The standard InChI is InChI=1S/C14H24N2O4/c1-13(2,3)19-11(17)15-8-7-9-16(10-15)12(18)20-14(4,5)6/h7-8H,9-10H2,1-6H3. The summed E-state index contributed by atoms with van der Waals surface area (Å²) in [5.41, 5.74) is -1.13. The molecule has 0 spiro atoms. The van der Waals surface area contributed by atoms with Crippen LogP contribution in [0.3, 0.4) is 0 Å². The normalized spacial score (nSPS) is 16.1. The van der Waals surface area contributed by atoms with Crippen LogP contribution in [0, 0.1) is 0 Å². The highest BCUT2D eigenvalue weighted by Gasteiger charge is 2.28. The minimum absolute atomic E-state index is 0.125. The van der Waals surface area contributed by atoms with Crippen LogP contribution < -0.4 is 0 Å². The molecular formula is C14H24N2O4. The lowest BCUT2D eigenvalue weighted by Crippen LogP contribution is -2.47. The molecule has 1 aliphatic heterocycles. The van der Waals surface area contributed by atoms with Crippen LogP contribution in [0.15, 0.2) is 12.3 Å². The Labute approximate surface area is 120 Å². The molecular weight excluding hydrogens is 260 g/mol. The number of amides is 2. The minimum atomic E-state index is -0.570. The maximum Gasteiger partial charge on any atom is 0.415 e. The van der Waals surface area contributed by atoms with E-state index in [2.05, 4.69) is 0 Å². The van der Waals surface area contributed by atoms with E-state index in [4.69, 9.17) is 9.47 Å². The van der Waals surface area contributed by atoms with Crippen LogP contribution in [0.2, 0.25) is 0 Å². The van der Waals surface area contributed by atoms with Gasteiger partial charge < -0.3 is 9.47 Å². The van der Waals surface area contributed by atoms with Crippen molar-refractivity contribution in [2.24, 2.45) is 0 Å². The number of carbonyl (C=O) groups is 2. The smallest absolute Gasteiger partial charge is 0.415 e. The summed E-state index contributed by atoms with van der Waals surface area (Å²) in [6.45, 7) is 11.3. The number of rotatable bonds is 0. The van der Waals surface area contributed by atoms with Crippen LogP contribution in [0.25, 0.3) is 0 Å². The fourth-order valence-corrected chi connectivity index (χ4v) is 1.49. The Morgan fingerprint density at radius 1 is 0.950 bits per heavy atom. The summed E-state index contributed by atoms with van der Waals surface area (Å²) in [6, 6.07) is 0. The molecule has 0 saturated heterocycles. The first-order valence-electron chi connectivity index (χ1n) is 6.62. The lowest BCUT2D eigenvalue weighted by molar-refractivity contribution is 0.00541. The zero-order chi connectivity index (χ0) is 15.6. The van der Waals surface area contributed by atoms with E-state index in [9.17, 15) is 9.59 Å². The number of carbonyl (C=O) groups excluding carboxylic acids is 2. The van der Waals surface area contributed by atoms with Gasteiger partial charge in [0.1, 0.15) is 17.9 Å². The average molecular weight is 284 g/mol. The van der Waals surface area contributed by atoms with Gasteiger partial charge in [-0.3, -0.25) is 9.80 Å². The molecule has 0 saturated carbocycles. The summed E-state index contributed by atoms with van der Waals surface area (Å²) in [7, 11) is 0. The molecule has 1 aliphatic rings. The fraction of sp³-hybridized carbons (Fsp3) is 0.714. The van der Waals surface area contributed by atoms with Crippen LogP contribution in [0.4, 0.5) is 9.59 Å². The highest BCUT2D eigenvalue weighted by atomic mass is 16.6. The molecule has 1 heterocycles. The molecule has 0 unspecified atom stereocenters. The lowest BCUT2D eigenvalue weighted by atomic mass is 10.2. The lowest BCUT2D eigenvalue weighted by Gasteiger charge is -2.33. The molecule has 20 heavy (non-hydrogen) atoms. The second kappa shape index (κ2) is 5.73. The van der Waals surface area contributed by atoms with E-state index < -0.39 is 23.4 Å². The van der Waals surface area contributed by atoms with Crippen LogP contribution in [-0.2, 0) is 9.47 Å². The van der Waals surface area contributed by atoms with Crippen molar-refractivity contribution in [1.29, 1.82) is 0 Å². The zero-order valence-electron chi connectivity index (χ0n) is 13.1. The molecule has 0 N–H and O–H groups in total.